The molecule has 0 fully saturated rings. The summed E-state index contributed by atoms with van der Waals surface area (Å²) in [5, 5.41) is 2.80. The number of primary amides is 1. The number of carbonyl (C=O) groups is 2. The molecule has 0 aliphatic carbocycles. The molecule has 0 heterocycles. The molecular formula is C22H28N2O2. The topological polar surface area (TPSA) is 72.2 Å². The molecule has 0 aromatic heterocycles. The third-order valence-electron chi connectivity index (χ3n) is 4.46. The third-order valence-corrected chi connectivity index (χ3v) is 4.46. The lowest BCUT2D eigenvalue weighted by molar-refractivity contribution is -0.128. The minimum atomic E-state index is -0.715. The second kappa shape index (κ2) is 9.18. The van der Waals surface area contributed by atoms with Crippen LogP contribution in [0.3, 0.4) is 0 Å². The minimum Gasteiger partial charge on any atom is -0.368 e. The molecule has 2 atom stereocenters. The highest BCUT2D eigenvalue weighted by atomic mass is 16.2. The second-order valence-electron chi connectivity index (χ2n) is 7.21. The summed E-state index contributed by atoms with van der Waals surface area (Å²) in [6, 6.07) is 16.9. The molecule has 0 radical (unpaired) electrons. The zero-order chi connectivity index (χ0) is 19.1. The number of nitrogens with two attached hydrogens (primary N) is 1. The number of carbonyl (C=O) groups excluding carboxylic acids is 2. The van der Waals surface area contributed by atoms with Crippen molar-refractivity contribution < 1.29 is 9.59 Å². The Morgan fingerprint density at radius 3 is 2.00 bits per heavy atom. The number of amides is 2. The molecule has 0 unspecified atom stereocenters. The first-order valence-electron chi connectivity index (χ1n) is 9.09. The maximum atomic E-state index is 12.6. The Bertz CT molecular complexity index is 724. The summed E-state index contributed by atoms with van der Waals surface area (Å²) in [6.07, 6.45) is 1.41. The van der Waals surface area contributed by atoms with Crippen molar-refractivity contribution in [1.82, 2.24) is 5.32 Å². The molecule has 4 nitrogen and oxygen atoms in total. The van der Waals surface area contributed by atoms with Gasteiger partial charge in [-0.1, -0.05) is 68.4 Å². The SMILES string of the molecule is CC(C)Cc1ccc([C@@H](C)C(=O)N[C@@H](Cc2ccccc2)C(N)=O)cc1. The Kier molecular flexibility index (Phi) is 6.96. The predicted octanol–water partition coefficient (Wildman–Crippen LogP) is 3.20. The van der Waals surface area contributed by atoms with Crippen molar-refractivity contribution >= 4 is 11.8 Å². The molecular weight excluding hydrogens is 324 g/mol. The predicted molar refractivity (Wildman–Crippen MR) is 105 cm³/mol. The van der Waals surface area contributed by atoms with Gasteiger partial charge in [0.2, 0.25) is 11.8 Å². The molecule has 0 aliphatic heterocycles. The van der Waals surface area contributed by atoms with E-state index in [4.69, 9.17) is 5.73 Å². The van der Waals surface area contributed by atoms with Crippen LogP contribution in [0.4, 0.5) is 0 Å². The molecule has 2 rings (SSSR count). The van der Waals surface area contributed by atoms with Crippen molar-refractivity contribution in [3.05, 3.63) is 71.3 Å². The van der Waals surface area contributed by atoms with E-state index in [2.05, 4.69) is 31.3 Å². The maximum Gasteiger partial charge on any atom is 0.240 e. The lowest BCUT2D eigenvalue weighted by Gasteiger charge is -2.19. The molecule has 26 heavy (non-hydrogen) atoms. The van der Waals surface area contributed by atoms with Crippen LogP contribution < -0.4 is 11.1 Å². The quantitative estimate of drug-likeness (QED) is 0.766. The van der Waals surface area contributed by atoms with E-state index in [-0.39, 0.29) is 11.8 Å². The van der Waals surface area contributed by atoms with Gasteiger partial charge in [0.25, 0.3) is 0 Å². The Morgan fingerprint density at radius 1 is 0.885 bits per heavy atom. The largest absolute Gasteiger partial charge is 0.368 e. The molecule has 0 saturated carbocycles. The highest BCUT2D eigenvalue weighted by molar-refractivity contribution is 5.89. The smallest absolute Gasteiger partial charge is 0.240 e. The van der Waals surface area contributed by atoms with Gasteiger partial charge in [0.15, 0.2) is 0 Å². The zero-order valence-corrected chi connectivity index (χ0v) is 15.7. The van der Waals surface area contributed by atoms with Crippen molar-refractivity contribution in [3.8, 4) is 0 Å². The van der Waals surface area contributed by atoms with Crippen LogP contribution in [-0.4, -0.2) is 17.9 Å². The van der Waals surface area contributed by atoms with E-state index in [1.807, 2.05) is 49.4 Å². The van der Waals surface area contributed by atoms with Crippen LogP contribution in [0.25, 0.3) is 0 Å². The van der Waals surface area contributed by atoms with Gasteiger partial charge in [0.1, 0.15) is 6.04 Å². The summed E-state index contributed by atoms with van der Waals surface area (Å²) in [4.78, 5) is 24.3. The van der Waals surface area contributed by atoms with Gasteiger partial charge in [-0.15, -0.1) is 0 Å². The van der Waals surface area contributed by atoms with Crippen LogP contribution in [0.5, 0.6) is 0 Å². The molecule has 2 aromatic carbocycles. The molecule has 138 valence electrons. The lowest BCUT2D eigenvalue weighted by Crippen LogP contribution is -2.47. The third kappa shape index (κ3) is 5.73. The number of hydrogen-bond acceptors (Lipinski definition) is 2. The van der Waals surface area contributed by atoms with Gasteiger partial charge in [-0.05, 0) is 36.0 Å². The van der Waals surface area contributed by atoms with Gasteiger partial charge < -0.3 is 11.1 Å². The molecule has 0 spiro atoms. The van der Waals surface area contributed by atoms with Gasteiger partial charge in [-0.2, -0.15) is 0 Å². The van der Waals surface area contributed by atoms with E-state index in [0.717, 1.165) is 17.5 Å². The summed E-state index contributed by atoms with van der Waals surface area (Å²) in [6.45, 7) is 6.20. The van der Waals surface area contributed by atoms with Crippen LogP contribution in [-0.2, 0) is 22.4 Å². The number of nitrogens with one attached hydrogen (secondary N) is 1. The molecule has 2 aromatic rings. The van der Waals surface area contributed by atoms with Gasteiger partial charge >= 0.3 is 0 Å². The standard InChI is InChI=1S/C22H28N2O2/c1-15(2)13-18-9-11-19(12-10-18)16(3)22(26)24-20(21(23)25)14-17-7-5-4-6-8-17/h4-12,15-16,20H,13-14H2,1-3H3,(H2,23,25)(H,24,26)/t16-,20+/m1/s1. The van der Waals surface area contributed by atoms with Gasteiger partial charge in [-0.3, -0.25) is 9.59 Å². The Balaban J connectivity index is 2.02. The maximum absolute atomic E-state index is 12.6. The number of rotatable bonds is 8. The monoisotopic (exact) mass is 352 g/mol. The number of benzene rings is 2. The van der Waals surface area contributed by atoms with E-state index in [0.29, 0.717) is 12.3 Å². The minimum absolute atomic E-state index is 0.193. The molecule has 0 aliphatic rings. The molecule has 4 heteroatoms. The van der Waals surface area contributed by atoms with E-state index in [1.165, 1.54) is 5.56 Å². The summed E-state index contributed by atoms with van der Waals surface area (Å²) in [7, 11) is 0. The molecule has 2 amide bonds. The normalized spacial score (nSPS) is 13.2. The van der Waals surface area contributed by atoms with Crippen molar-refractivity contribution in [1.29, 1.82) is 0 Å². The lowest BCUT2D eigenvalue weighted by atomic mass is 9.95. The first-order valence-corrected chi connectivity index (χ1v) is 9.09. The van der Waals surface area contributed by atoms with Crippen molar-refractivity contribution in [2.45, 2.75) is 45.6 Å². The first kappa shape index (κ1) is 19.7. The summed E-state index contributed by atoms with van der Waals surface area (Å²) in [5.74, 6) is -0.473. The zero-order valence-electron chi connectivity index (χ0n) is 15.7. The van der Waals surface area contributed by atoms with Gasteiger partial charge in [0, 0.05) is 6.42 Å². The average molecular weight is 352 g/mol. The van der Waals surface area contributed by atoms with Crippen LogP contribution in [0.1, 0.15) is 43.4 Å². The van der Waals surface area contributed by atoms with Crippen LogP contribution in [0.2, 0.25) is 0 Å². The highest BCUT2D eigenvalue weighted by Gasteiger charge is 2.22. The molecule has 0 bridgehead atoms. The second-order valence-corrected chi connectivity index (χ2v) is 7.21. The fourth-order valence-electron chi connectivity index (χ4n) is 2.93. The van der Waals surface area contributed by atoms with E-state index >= 15 is 0 Å². The number of hydrogen-bond donors (Lipinski definition) is 2. The Morgan fingerprint density at radius 2 is 1.46 bits per heavy atom. The van der Waals surface area contributed by atoms with E-state index < -0.39 is 11.9 Å². The van der Waals surface area contributed by atoms with Crippen molar-refractivity contribution in [3.63, 3.8) is 0 Å². The van der Waals surface area contributed by atoms with Crippen LogP contribution >= 0.6 is 0 Å². The highest BCUT2D eigenvalue weighted by Crippen LogP contribution is 2.18. The molecule has 0 saturated heterocycles. The Labute approximate surface area is 155 Å². The summed E-state index contributed by atoms with van der Waals surface area (Å²) < 4.78 is 0. The van der Waals surface area contributed by atoms with Gasteiger partial charge in [0.05, 0.1) is 5.92 Å². The van der Waals surface area contributed by atoms with E-state index in [9.17, 15) is 9.59 Å². The average Bonchev–Trinajstić information content (AvgIpc) is 2.61. The van der Waals surface area contributed by atoms with Crippen LogP contribution in [0.15, 0.2) is 54.6 Å². The molecule has 3 N–H and O–H groups in total. The van der Waals surface area contributed by atoms with Gasteiger partial charge in [-0.25, -0.2) is 0 Å². The van der Waals surface area contributed by atoms with Crippen molar-refractivity contribution in [2.75, 3.05) is 0 Å². The fourth-order valence-corrected chi connectivity index (χ4v) is 2.93. The van der Waals surface area contributed by atoms with E-state index in [1.54, 1.807) is 0 Å². The van der Waals surface area contributed by atoms with Crippen LogP contribution in [0, 0.1) is 5.92 Å². The summed E-state index contributed by atoms with van der Waals surface area (Å²) >= 11 is 0. The summed E-state index contributed by atoms with van der Waals surface area (Å²) in [5.41, 5.74) is 8.63. The first-order chi connectivity index (χ1) is 12.4. The van der Waals surface area contributed by atoms with Crippen molar-refractivity contribution in [2.24, 2.45) is 11.7 Å². The fraction of sp³-hybridized carbons (Fsp3) is 0.364. The Hall–Kier alpha value is -2.62.